The number of methoxy groups -OCH3 is 1. The van der Waals surface area contributed by atoms with E-state index in [0.717, 1.165) is 0 Å². The van der Waals surface area contributed by atoms with E-state index in [4.69, 9.17) is 32.5 Å². The lowest BCUT2D eigenvalue weighted by Gasteiger charge is -2.12. The Bertz CT molecular complexity index is 1550. The van der Waals surface area contributed by atoms with Crippen LogP contribution < -0.4 is 9.46 Å². The summed E-state index contributed by atoms with van der Waals surface area (Å²) in [4.78, 5) is 11.7. The first kappa shape index (κ1) is 27.5. The Morgan fingerprint density at radius 3 is 2.32 bits per heavy atom. The first-order valence-electron chi connectivity index (χ1n) is 11.5. The predicted octanol–water partition coefficient (Wildman–Crippen LogP) is 6.94. The molecule has 1 heterocycles. The zero-order valence-corrected chi connectivity index (χ0v) is 23.0. The molecule has 1 aromatic heterocycles. The highest BCUT2D eigenvalue weighted by Gasteiger charge is 2.24. The van der Waals surface area contributed by atoms with E-state index in [1.807, 2.05) is 13.8 Å². The molecule has 0 amide bonds. The summed E-state index contributed by atoms with van der Waals surface area (Å²) in [5.74, 6) is 0.546. The summed E-state index contributed by atoms with van der Waals surface area (Å²) in [5.41, 5.74) is 2.22. The van der Waals surface area contributed by atoms with Crippen LogP contribution in [0.2, 0.25) is 10.0 Å². The maximum atomic E-state index is 12.8. The van der Waals surface area contributed by atoms with E-state index < -0.39 is 16.0 Å². The molecule has 0 aliphatic carbocycles. The number of nitrogens with one attached hydrogen (secondary N) is 1. The number of nitrogens with zero attached hydrogens (tertiary/aromatic N) is 1. The molecule has 4 aromatic rings. The van der Waals surface area contributed by atoms with Crippen molar-refractivity contribution in [2.75, 3.05) is 11.8 Å². The molecular weight excluding hydrogens is 551 g/mol. The second kappa shape index (κ2) is 11.5. The molecule has 0 aliphatic rings. The van der Waals surface area contributed by atoms with Crippen LogP contribution in [0.5, 0.6) is 5.75 Å². The topological polar surface area (TPSA) is 108 Å². The molecule has 4 rings (SSSR count). The molecule has 0 bridgehead atoms. The van der Waals surface area contributed by atoms with Gasteiger partial charge in [0.05, 0.1) is 33.2 Å². The minimum atomic E-state index is -3.94. The molecule has 198 valence electrons. The maximum absolute atomic E-state index is 12.8. The van der Waals surface area contributed by atoms with E-state index >= 15 is 0 Å². The van der Waals surface area contributed by atoms with Gasteiger partial charge < -0.3 is 14.0 Å². The van der Waals surface area contributed by atoms with E-state index in [2.05, 4.69) is 14.6 Å². The van der Waals surface area contributed by atoms with Gasteiger partial charge in [0.1, 0.15) is 23.8 Å². The predicted molar refractivity (Wildman–Crippen MR) is 145 cm³/mol. The zero-order valence-electron chi connectivity index (χ0n) is 20.7. The van der Waals surface area contributed by atoms with Gasteiger partial charge in [-0.1, -0.05) is 54.3 Å². The molecule has 3 aromatic carbocycles. The molecule has 0 atom stereocenters. The number of esters is 1. The first-order chi connectivity index (χ1) is 18.1. The Morgan fingerprint density at radius 2 is 1.68 bits per heavy atom. The molecule has 0 aliphatic heterocycles. The second-order valence-corrected chi connectivity index (χ2v) is 11.1. The number of rotatable bonds is 9. The van der Waals surface area contributed by atoms with Crippen LogP contribution in [-0.2, 0) is 21.4 Å². The van der Waals surface area contributed by atoms with E-state index in [0.29, 0.717) is 44.1 Å². The highest BCUT2D eigenvalue weighted by molar-refractivity contribution is 7.92. The van der Waals surface area contributed by atoms with E-state index in [1.54, 1.807) is 42.5 Å². The van der Waals surface area contributed by atoms with Gasteiger partial charge in [-0.2, -0.15) is 0 Å². The Balaban J connectivity index is 1.52. The molecule has 0 unspecified atom stereocenters. The minimum absolute atomic E-state index is 0.0329. The lowest BCUT2D eigenvalue weighted by atomic mass is 10.0. The van der Waals surface area contributed by atoms with Crippen molar-refractivity contribution in [3.8, 4) is 17.0 Å². The molecular formula is C27H24Cl2N2O6S. The fraction of sp³-hybridized carbons (Fsp3) is 0.185. The molecule has 0 saturated carbocycles. The normalized spacial score (nSPS) is 11.4. The third kappa shape index (κ3) is 5.96. The summed E-state index contributed by atoms with van der Waals surface area (Å²) in [7, 11) is -2.71. The highest BCUT2D eigenvalue weighted by atomic mass is 35.5. The van der Waals surface area contributed by atoms with Crippen molar-refractivity contribution >= 4 is 44.9 Å². The van der Waals surface area contributed by atoms with Gasteiger partial charge in [0.15, 0.2) is 0 Å². The summed E-state index contributed by atoms with van der Waals surface area (Å²) in [6.45, 7) is 4.08. The van der Waals surface area contributed by atoms with Crippen molar-refractivity contribution in [3.63, 3.8) is 0 Å². The summed E-state index contributed by atoms with van der Waals surface area (Å²) in [6, 6.07) is 17.2. The van der Waals surface area contributed by atoms with Gasteiger partial charge >= 0.3 is 5.97 Å². The Kier molecular flexibility index (Phi) is 8.30. The minimum Gasteiger partial charge on any atom is -0.489 e. The molecule has 11 heteroatoms. The number of halogens is 2. The second-order valence-electron chi connectivity index (χ2n) is 8.56. The number of sulfonamides is 1. The molecule has 0 spiro atoms. The van der Waals surface area contributed by atoms with Crippen LogP contribution in [0.15, 0.2) is 76.1 Å². The Hall–Kier alpha value is -3.53. The average Bonchev–Trinajstić information content (AvgIpc) is 3.31. The van der Waals surface area contributed by atoms with Crippen molar-refractivity contribution < 1.29 is 27.2 Å². The summed E-state index contributed by atoms with van der Waals surface area (Å²) < 4.78 is 44.4. The number of carbonyl (C=O) groups excluding carboxylic acids is 1. The molecule has 0 radical (unpaired) electrons. The van der Waals surface area contributed by atoms with Gasteiger partial charge in [-0.25, -0.2) is 13.2 Å². The summed E-state index contributed by atoms with van der Waals surface area (Å²) in [6.07, 6.45) is 0. The van der Waals surface area contributed by atoms with Gasteiger partial charge in [-0.3, -0.25) is 4.72 Å². The van der Waals surface area contributed by atoms with Crippen LogP contribution in [0.4, 0.5) is 5.69 Å². The summed E-state index contributed by atoms with van der Waals surface area (Å²) in [5, 5.41) is 5.10. The SMILES string of the molecule is COC(=O)c1cccc(S(=O)(=O)Nc2ccc(OCc3c(-c4c(Cl)cccc4Cl)noc3C(C)C)cc2)c1. The number of anilines is 1. The van der Waals surface area contributed by atoms with Gasteiger partial charge in [-0.15, -0.1) is 0 Å². The van der Waals surface area contributed by atoms with Crippen molar-refractivity contribution in [1.29, 1.82) is 0 Å². The number of benzene rings is 3. The molecule has 1 N–H and O–H groups in total. The van der Waals surface area contributed by atoms with Crippen molar-refractivity contribution in [3.05, 3.63) is 93.7 Å². The number of hydrogen-bond acceptors (Lipinski definition) is 7. The van der Waals surface area contributed by atoms with E-state index in [9.17, 15) is 13.2 Å². The largest absolute Gasteiger partial charge is 0.489 e. The molecule has 38 heavy (non-hydrogen) atoms. The van der Waals surface area contributed by atoms with Crippen LogP contribution >= 0.6 is 23.2 Å². The Labute approximate surface area is 230 Å². The van der Waals surface area contributed by atoms with Crippen LogP contribution in [0.25, 0.3) is 11.3 Å². The third-order valence-electron chi connectivity index (χ3n) is 5.60. The van der Waals surface area contributed by atoms with Crippen LogP contribution in [0.1, 0.15) is 41.4 Å². The quantitative estimate of drug-likeness (QED) is 0.216. The number of aromatic nitrogens is 1. The van der Waals surface area contributed by atoms with Crippen LogP contribution in [-0.4, -0.2) is 26.7 Å². The fourth-order valence-corrected chi connectivity index (χ4v) is 5.41. The smallest absolute Gasteiger partial charge is 0.337 e. The van der Waals surface area contributed by atoms with Crippen molar-refractivity contribution in [2.24, 2.45) is 0 Å². The number of hydrogen-bond donors (Lipinski definition) is 1. The van der Waals surface area contributed by atoms with Gasteiger partial charge in [0, 0.05) is 17.2 Å². The van der Waals surface area contributed by atoms with Gasteiger partial charge in [-0.05, 0) is 54.6 Å². The van der Waals surface area contributed by atoms with Crippen LogP contribution in [0.3, 0.4) is 0 Å². The number of carbonyl (C=O) groups is 1. The highest BCUT2D eigenvalue weighted by Crippen LogP contribution is 2.38. The molecule has 0 saturated heterocycles. The average molecular weight is 575 g/mol. The van der Waals surface area contributed by atoms with Crippen LogP contribution in [0, 0.1) is 0 Å². The van der Waals surface area contributed by atoms with Gasteiger partial charge in [0.2, 0.25) is 0 Å². The Morgan fingerprint density at radius 1 is 1.03 bits per heavy atom. The maximum Gasteiger partial charge on any atom is 0.337 e. The number of ether oxygens (including phenoxy) is 2. The fourth-order valence-electron chi connectivity index (χ4n) is 3.73. The zero-order chi connectivity index (χ0) is 27.4. The lowest BCUT2D eigenvalue weighted by Crippen LogP contribution is -2.14. The monoisotopic (exact) mass is 574 g/mol. The van der Waals surface area contributed by atoms with E-state index in [-0.39, 0.29) is 23.0 Å². The molecule has 0 fully saturated rings. The first-order valence-corrected chi connectivity index (χ1v) is 13.7. The van der Waals surface area contributed by atoms with Gasteiger partial charge in [0.25, 0.3) is 10.0 Å². The molecule has 8 nitrogen and oxygen atoms in total. The van der Waals surface area contributed by atoms with E-state index in [1.165, 1.54) is 31.4 Å². The third-order valence-corrected chi connectivity index (χ3v) is 7.61. The standard InChI is InChI=1S/C27H24Cl2N2O6S/c1-16(2)26-21(25(30-37-26)24-22(28)8-5-9-23(24)29)15-36-19-12-10-18(11-13-19)31-38(33,34)20-7-4-6-17(14-20)27(32)35-3/h4-14,16,31H,15H2,1-3H3. The van der Waals surface area contributed by atoms with Crippen molar-refractivity contribution in [1.82, 2.24) is 5.16 Å². The summed E-state index contributed by atoms with van der Waals surface area (Å²) >= 11 is 12.8. The van der Waals surface area contributed by atoms with Crippen molar-refractivity contribution in [2.45, 2.75) is 31.3 Å². The lowest BCUT2D eigenvalue weighted by molar-refractivity contribution is 0.0600.